The van der Waals surface area contributed by atoms with Crippen LogP contribution in [0.15, 0.2) is 29.2 Å². The molecular weight excluding hydrogens is 274 g/mol. The van der Waals surface area contributed by atoms with Crippen molar-refractivity contribution in [2.24, 2.45) is 0 Å². The van der Waals surface area contributed by atoms with E-state index in [-0.39, 0.29) is 12.5 Å². The van der Waals surface area contributed by atoms with Gasteiger partial charge in [0.15, 0.2) is 0 Å². The maximum Gasteiger partial charge on any atom is 0.231 e. The van der Waals surface area contributed by atoms with Crippen molar-refractivity contribution in [3.05, 3.63) is 29.8 Å². The highest BCUT2D eigenvalue weighted by Crippen LogP contribution is 2.18. The molecule has 2 N–H and O–H groups in total. The number of nitriles is 1. The van der Waals surface area contributed by atoms with Crippen LogP contribution in [0.2, 0.25) is 0 Å². The van der Waals surface area contributed by atoms with Crippen LogP contribution in [0.1, 0.15) is 5.56 Å². The molecular formula is C14H19N3O2S. The van der Waals surface area contributed by atoms with Crippen molar-refractivity contribution in [3.8, 4) is 6.07 Å². The third kappa shape index (κ3) is 7.14. The summed E-state index contributed by atoms with van der Waals surface area (Å²) in [6.07, 6.45) is 0. The Balaban J connectivity index is 2.35. The van der Waals surface area contributed by atoms with Crippen molar-refractivity contribution in [2.45, 2.75) is 11.4 Å². The smallest absolute Gasteiger partial charge is 0.231 e. The lowest BCUT2D eigenvalue weighted by Gasteiger charge is -2.06. The minimum Gasteiger partial charge on any atom is -0.383 e. The highest BCUT2D eigenvalue weighted by Gasteiger charge is 2.02. The van der Waals surface area contributed by atoms with Crippen LogP contribution in [-0.4, -0.2) is 38.5 Å². The largest absolute Gasteiger partial charge is 0.383 e. The van der Waals surface area contributed by atoms with E-state index in [0.717, 1.165) is 18.0 Å². The van der Waals surface area contributed by atoms with Crippen LogP contribution in [-0.2, 0) is 16.1 Å². The molecule has 0 fully saturated rings. The number of amides is 1. The summed E-state index contributed by atoms with van der Waals surface area (Å²) in [5.74, 6) is 0.197. The fourth-order valence-corrected chi connectivity index (χ4v) is 2.30. The van der Waals surface area contributed by atoms with Gasteiger partial charge in [0.1, 0.15) is 6.54 Å². The highest BCUT2D eigenvalue weighted by atomic mass is 32.2. The van der Waals surface area contributed by atoms with Gasteiger partial charge in [0.05, 0.1) is 18.4 Å². The predicted molar refractivity (Wildman–Crippen MR) is 79.4 cm³/mol. The van der Waals surface area contributed by atoms with Crippen molar-refractivity contribution in [3.63, 3.8) is 0 Å². The molecule has 1 amide bonds. The maximum absolute atomic E-state index is 11.4. The van der Waals surface area contributed by atoms with E-state index in [4.69, 9.17) is 10.00 Å². The van der Waals surface area contributed by atoms with Gasteiger partial charge in [-0.2, -0.15) is 5.26 Å². The predicted octanol–water partition coefficient (Wildman–Crippen LogP) is 1.15. The second kappa shape index (κ2) is 10.3. The maximum atomic E-state index is 11.4. The molecule has 0 aliphatic rings. The molecule has 0 aliphatic heterocycles. The van der Waals surface area contributed by atoms with Gasteiger partial charge in [-0.25, -0.2) is 0 Å². The second-order valence-electron chi connectivity index (χ2n) is 4.04. The fraction of sp³-hybridized carbons (Fsp3) is 0.429. The van der Waals surface area contributed by atoms with E-state index in [9.17, 15) is 4.79 Å². The van der Waals surface area contributed by atoms with Crippen molar-refractivity contribution >= 4 is 17.7 Å². The lowest BCUT2D eigenvalue weighted by molar-refractivity contribution is -0.118. The number of carbonyl (C=O) groups is 1. The lowest BCUT2D eigenvalue weighted by Crippen LogP contribution is -2.25. The van der Waals surface area contributed by atoms with E-state index in [0.29, 0.717) is 12.4 Å². The first kappa shape index (κ1) is 16.5. The molecule has 20 heavy (non-hydrogen) atoms. The Labute approximate surface area is 123 Å². The number of rotatable bonds is 9. The average molecular weight is 293 g/mol. The van der Waals surface area contributed by atoms with Crippen molar-refractivity contribution in [1.29, 1.82) is 5.26 Å². The Kier molecular flexibility index (Phi) is 8.47. The molecule has 0 unspecified atom stereocenters. The molecule has 0 saturated heterocycles. The van der Waals surface area contributed by atoms with Crippen LogP contribution in [0.25, 0.3) is 0 Å². The Morgan fingerprint density at radius 3 is 3.10 bits per heavy atom. The average Bonchev–Trinajstić information content (AvgIpc) is 2.48. The summed E-state index contributed by atoms with van der Waals surface area (Å²) in [4.78, 5) is 12.4. The molecule has 1 rings (SSSR count). The van der Waals surface area contributed by atoms with E-state index in [1.807, 2.05) is 24.3 Å². The normalized spacial score (nSPS) is 10.0. The molecule has 0 heterocycles. The van der Waals surface area contributed by atoms with E-state index >= 15 is 0 Å². The van der Waals surface area contributed by atoms with Gasteiger partial charge in [0, 0.05) is 25.1 Å². The van der Waals surface area contributed by atoms with Gasteiger partial charge in [0.2, 0.25) is 5.91 Å². The number of carbonyl (C=O) groups excluding carboxylic acids is 1. The molecule has 1 aromatic carbocycles. The first-order chi connectivity index (χ1) is 9.76. The van der Waals surface area contributed by atoms with Crippen molar-refractivity contribution in [1.82, 2.24) is 10.6 Å². The molecule has 0 radical (unpaired) electrons. The summed E-state index contributed by atoms with van der Waals surface area (Å²) in [6, 6.07) is 9.93. The Morgan fingerprint density at radius 1 is 1.50 bits per heavy atom. The van der Waals surface area contributed by atoms with E-state index in [1.54, 1.807) is 7.11 Å². The van der Waals surface area contributed by atoms with Crippen LogP contribution in [0, 0.1) is 11.3 Å². The third-order valence-corrected chi connectivity index (χ3v) is 3.44. The van der Waals surface area contributed by atoms with Gasteiger partial charge < -0.3 is 15.4 Å². The molecule has 0 atom stereocenters. The van der Waals surface area contributed by atoms with Gasteiger partial charge in [-0.15, -0.1) is 11.8 Å². The molecule has 5 nitrogen and oxygen atoms in total. The van der Waals surface area contributed by atoms with Gasteiger partial charge in [-0.1, -0.05) is 12.1 Å². The summed E-state index contributed by atoms with van der Waals surface area (Å²) in [7, 11) is 1.68. The monoisotopic (exact) mass is 293 g/mol. The minimum absolute atomic E-state index is 0.0584. The fourth-order valence-electron chi connectivity index (χ4n) is 1.49. The third-order valence-electron chi connectivity index (χ3n) is 2.45. The van der Waals surface area contributed by atoms with Crippen LogP contribution in [0.3, 0.4) is 0 Å². The van der Waals surface area contributed by atoms with Crippen LogP contribution in [0.5, 0.6) is 0 Å². The van der Waals surface area contributed by atoms with Crippen LogP contribution in [0.4, 0.5) is 0 Å². The van der Waals surface area contributed by atoms with Crippen molar-refractivity contribution in [2.75, 3.05) is 32.6 Å². The number of nitrogens with one attached hydrogen (secondary N) is 2. The van der Waals surface area contributed by atoms with E-state index in [1.165, 1.54) is 17.3 Å². The summed E-state index contributed by atoms with van der Waals surface area (Å²) in [6.45, 7) is 2.33. The van der Waals surface area contributed by atoms with Crippen LogP contribution < -0.4 is 10.6 Å². The molecule has 6 heteroatoms. The number of methoxy groups -OCH3 is 1. The van der Waals surface area contributed by atoms with Gasteiger partial charge >= 0.3 is 0 Å². The number of thioether (sulfide) groups is 1. The van der Waals surface area contributed by atoms with Gasteiger partial charge in [-0.3, -0.25) is 4.79 Å². The Morgan fingerprint density at radius 2 is 2.35 bits per heavy atom. The number of ether oxygens (including phenoxy) is 1. The number of hydrogen-bond donors (Lipinski definition) is 2. The number of benzene rings is 1. The number of hydrogen-bond acceptors (Lipinski definition) is 5. The number of nitrogens with zero attached hydrogens (tertiary/aromatic N) is 1. The Bertz CT molecular complexity index is 460. The quantitative estimate of drug-likeness (QED) is 0.406. The standard InChI is InChI=1S/C14H19N3O2S/c1-19-8-7-16-10-12-3-2-4-13(9-12)20-11-14(18)17-6-5-15/h2-4,9,16H,6-8,10-11H2,1H3,(H,17,18). The molecule has 0 saturated carbocycles. The van der Waals surface area contributed by atoms with Crippen LogP contribution >= 0.6 is 11.8 Å². The molecule has 1 aromatic rings. The van der Waals surface area contributed by atoms with E-state index < -0.39 is 0 Å². The first-order valence-electron chi connectivity index (χ1n) is 6.31. The first-order valence-corrected chi connectivity index (χ1v) is 7.30. The van der Waals surface area contributed by atoms with Crippen molar-refractivity contribution < 1.29 is 9.53 Å². The summed E-state index contributed by atoms with van der Waals surface area (Å²) >= 11 is 1.46. The summed E-state index contributed by atoms with van der Waals surface area (Å²) < 4.78 is 4.97. The second-order valence-corrected chi connectivity index (χ2v) is 5.09. The SMILES string of the molecule is COCCNCc1cccc(SCC(=O)NCC#N)c1. The zero-order valence-corrected chi connectivity index (χ0v) is 12.3. The van der Waals surface area contributed by atoms with E-state index in [2.05, 4.69) is 16.7 Å². The molecule has 0 spiro atoms. The molecule has 108 valence electrons. The topological polar surface area (TPSA) is 74.2 Å². The zero-order valence-electron chi connectivity index (χ0n) is 11.5. The van der Waals surface area contributed by atoms with Gasteiger partial charge in [0.25, 0.3) is 0 Å². The summed E-state index contributed by atoms with van der Waals surface area (Å²) in [5, 5.41) is 14.2. The molecule has 0 aliphatic carbocycles. The highest BCUT2D eigenvalue weighted by molar-refractivity contribution is 8.00. The lowest BCUT2D eigenvalue weighted by atomic mass is 10.2. The Hall–Kier alpha value is -1.55. The van der Waals surface area contributed by atoms with Gasteiger partial charge in [-0.05, 0) is 17.7 Å². The molecule has 0 aromatic heterocycles. The minimum atomic E-state index is -0.125. The molecule has 0 bridgehead atoms. The summed E-state index contributed by atoms with van der Waals surface area (Å²) in [5.41, 5.74) is 1.17. The zero-order chi connectivity index (χ0) is 14.6.